The van der Waals surface area contributed by atoms with Crippen LogP contribution < -0.4 is 0 Å². The first-order valence-electron chi connectivity index (χ1n) is 8.71. The van der Waals surface area contributed by atoms with E-state index in [0.29, 0.717) is 15.1 Å². The van der Waals surface area contributed by atoms with E-state index in [2.05, 4.69) is 15.0 Å². The third-order valence-electron chi connectivity index (χ3n) is 4.02. The lowest BCUT2D eigenvalue weighted by Crippen LogP contribution is -2.17. The predicted molar refractivity (Wildman–Crippen MR) is 110 cm³/mol. The minimum absolute atomic E-state index is 0.0552. The fraction of sp³-hybridized carbons (Fsp3) is 0. The number of aromatic nitrogens is 3. The molecule has 0 radical (unpaired) electrons. The van der Waals surface area contributed by atoms with Gasteiger partial charge in [0, 0.05) is 28.9 Å². The van der Waals surface area contributed by atoms with Crippen molar-refractivity contribution in [1.82, 2.24) is 15.0 Å². The topological polar surface area (TPSA) is 82.0 Å². The van der Waals surface area contributed by atoms with Crippen molar-refractivity contribution in [1.29, 1.82) is 0 Å². The molecule has 0 atom stereocenters. The van der Waals surface area contributed by atoms with Crippen LogP contribution in [0.15, 0.2) is 123 Å². The molecule has 0 saturated heterocycles. The summed E-state index contributed by atoms with van der Waals surface area (Å²) >= 11 is 0. The number of rotatable bonds is 6. The minimum Gasteiger partial charge on any atom is -0.249 e. The van der Waals surface area contributed by atoms with Gasteiger partial charge in [-0.05, 0) is 48.5 Å². The van der Waals surface area contributed by atoms with Gasteiger partial charge < -0.3 is 0 Å². The standard InChI is InChI=1S/C21H17N3O3S2/c25-29(26,18-10-2-1-3-11-18)27-28(19-12-4-7-15-22-19,20-13-5-8-16-23-20)21-14-6-9-17-24-21/h1-17H. The highest BCUT2D eigenvalue weighted by molar-refractivity contribution is 8.32. The third kappa shape index (κ3) is 3.77. The van der Waals surface area contributed by atoms with Crippen LogP contribution in [0, 0.1) is 0 Å². The molecule has 0 aliphatic carbocycles. The zero-order valence-electron chi connectivity index (χ0n) is 15.2. The number of hydrogen-bond acceptors (Lipinski definition) is 6. The number of pyridine rings is 3. The van der Waals surface area contributed by atoms with Crippen molar-refractivity contribution >= 4 is 20.4 Å². The van der Waals surface area contributed by atoms with Crippen LogP contribution in [-0.2, 0) is 13.7 Å². The molecule has 0 bridgehead atoms. The second-order valence-electron chi connectivity index (χ2n) is 5.90. The molecule has 8 heteroatoms. The van der Waals surface area contributed by atoms with Gasteiger partial charge in [0.2, 0.25) is 0 Å². The largest absolute Gasteiger partial charge is 0.307 e. The Morgan fingerprint density at radius 1 is 0.552 bits per heavy atom. The Labute approximate surface area is 170 Å². The first-order valence-corrected chi connectivity index (χ1v) is 11.7. The van der Waals surface area contributed by atoms with Crippen LogP contribution in [0.2, 0.25) is 0 Å². The molecule has 0 amide bonds. The van der Waals surface area contributed by atoms with Gasteiger partial charge in [0.15, 0.2) is 0 Å². The number of benzene rings is 1. The normalized spacial score (nSPS) is 12.4. The third-order valence-corrected chi connectivity index (χ3v) is 8.89. The molecule has 3 heterocycles. The molecule has 6 nitrogen and oxygen atoms in total. The average Bonchev–Trinajstić information content (AvgIpc) is 2.80. The second-order valence-corrected chi connectivity index (χ2v) is 10.2. The average molecular weight is 424 g/mol. The van der Waals surface area contributed by atoms with E-state index in [9.17, 15) is 8.42 Å². The van der Waals surface area contributed by atoms with E-state index in [1.54, 1.807) is 91.4 Å². The van der Waals surface area contributed by atoms with Crippen molar-refractivity contribution in [2.24, 2.45) is 0 Å². The van der Waals surface area contributed by atoms with Gasteiger partial charge in [-0.2, -0.15) is 12.0 Å². The Morgan fingerprint density at radius 3 is 1.34 bits per heavy atom. The SMILES string of the molecule is O=S(=O)(OS(c1ccccn1)(c1ccccn1)c1ccccn1)c1ccccc1. The number of hydrogen-bond donors (Lipinski definition) is 0. The molecular formula is C21H17N3O3S2. The van der Waals surface area contributed by atoms with Crippen LogP contribution in [0.1, 0.15) is 0 Å². The summed E-state index contributed by atoms with van der Waals surface area (Å²) in [7, 11) is -7.01. The second kappa shape index (κ2) is 8.12. The molecule has 0 fully saturated rings. The van der Waals surface area contributed by atoms with Crippen molar-refractivity contribution < 1.29 is 12.0 Å². The molecule has 0 aliphatic heterocycles. The van der Waals surface area contributed by atoms with Gasteiger partial charge in [-0.15, -0.1) is 0 Å². The molecule has 0 spiro atoms. The van der Waals surface area contributed by atoms with Crippen LogP contribution in [-0.4, -0.2) is 23.4 Å². The van der Waals surface area contributed by atoms with Crippen molar-refractivity contribution in [2.75, 3.05) is 0 Å². The summed E-state index contributed by atoms with van der Waals surface area (Å²) in [6, 6.07) is 23.9. The number of nitrogens with zero attached hydrogens (tertiary/aromatic N) is 3. The highest BCUT2D eigenvalue weighted by Crippen LogP contribution is 2.68. The Kier molecular flexibility index (Phi) is 5.39. The van der Waals surface area contributed by atoms with Crippen LogP contribution in [0.5, 0.6) is 0 Å². The summed E-state index contributed by atoms with van der Waals surface area (Å²) in [5.41, 5.74) is 0. The van der Waals surface area contributed by atoms with Gasteiger partial charge >= 0.3 is 10.1 Å². The molecule has 0 saturated carbocycles. The zero-order valence-corrected chi connectivity index (χ0v) is 16.8. The van der Waals surface area contributed by atoms with E-state index < -0.39 is 20.4 Å². The van der Waals surface area contributed by atoms with Gasteiger partial charge in [0.25, 0.3) is 0 Å². The summed E-state index contributed by atoms with van der Waals surface area (Å²) in [5, 5.41) is 1.32. The first kappa shape index (κ1) is 19.3. The molecule has 146 valence electrons. The lowest BCUT2D eigenvalue weighted by molar-refractivity contribution is 0.505. The van der Waals surface area contributed by atoms with E-state index in [1.807, 2.05) is 0 Å². The highest BCUT2D eigenvalue weighted by Gasteiger charge is 2.41. The fourth-order valence-corrected chi connectivity index (χ4v) is 7.54. The van der Waals surface area contributed by atoms with Crippen molar-refractivity contribution in [2.45, 2.75) is 20.0 Å². The summed E-state index contributed by atoms with van der Waals surface area (Å²) in [6.45, 7) is 0. The Hall–Kier alpha value is -3.07. The Bertz CT molecular complexity index is 1080. The molecule has 1 aromatic carbocycles. The van der Waals surface area contributed by atoms with E-state index in [1.165, 1.54) is 12.1 Å². The molecule has 29 heavy (non-hydrogen) atoms. The van der Waals surface area contributed by atoms with Gasteiger partial charge in [-0.1, -0.05) is 36.4 Å². The van der Waals surface area contributed by atoms with Crippen LogP contribution in [0.25, 0.3) is 0 Å². The van der Waals surface area contributed by atoms with E-state index in [-0.39, 0.29) is 4.90 Å². The maximum absolute atomic E-state index is 13.3. The highest BCUT2D eigenvalue weighted by atomic mass is 32.3. The van der Waals surface area contributed by atoms with Crippen LogP contribution in [0.3, 0.4) is 0 Å². The summed E-state index contributed by atoms with van der Waals surface area (Å²) < 4.78 is 32.6. The van der Waals surface area contributed by atoms with Crippen molar-refractivity contribution in [3.8, 4) is 0 Å². The Morgan fingerprint density at radius 2 is 0.966 bits per heavy atom. The van der Waals surface area contributed by atoms with Gasteiger partial charge in [-0.3, -0.25) is 0 Å². The molecule has 0 unspecified atom stereocenters. The predicted octanol–water partition coefficient (Wildman–Crippen LogP) is 4.47. The van der Waals surface area contributed by atoms with Crippen LogP contribution in [0.4, 0.5) is 0 Å². The van der Waals surface area contributed by atoms with E-state index in [4.69, 9.17) is 3.63 Å². The summed E-state index contributed by atoms with van der Waals surface area (Å²) in [4.78, 5) is 13.4. The molecule has 0 N–H and O–H groups in total. The smallest absolute Gasteiger partial charge is 0.249 e. The molecule has 3 aromatic heterocycles. The quantitative estimate of drug-likeness (QED) is 0.455. The maximum atomic E-state index is 13.3. The molecule has 0 aliphatic rings. The first-order chi connectivity index (χ1) is 14.1. The summed E-state index contributed by atoms with van der Waals surface area (Å²) in [6.07, 6.45) is 4.80. The van der Waals surface area contributed by atoms with Crippen molar-refractivity contribution in [3.63, 3.8) is 0 Å². The maximum Gasteiger partial charge on any atom is 0.307 e. The Balaban J connectivity index is 2.01. The van der Waals surface area contributed by atoms with E-state index >= 15 is 0 Å². The van der Waals surface area contributed by atoms with Crippen molar-refractivity contribution in [3.05, 3.63) is 104 Å². The van der Waals surface area contributed by atoms with E-state index in [0.717, 1.165) is 0 Å². The van der Waals surface area contributed by atoms with Gasteiger partial charge in [0.1, 0.15) is 15.1 Å². The molecule has 4 aromatic rings. The minimum atomic E-state index is -4.15. The van der Waals surface area contributed by atoms with Gasteiger partial charge in [0.05, 0.1) is 4.90 Å². The van der Waals surface area contributed by atoms with Crippen LogP contribution >= 0.6 is 10.3 Å². The lowest BCUT2D eigenvalue weighted by Gasteiger charge is -2.35. The molecule has 4 rings (SSSR count). The molecular weight excluding hydrogens is 406 g/mol. The monoisotopic (exact) mass is 423 g/mol. The lowest BCUT2D eigenvalue weighted by atomic mass is 10.4. The van der Waals surface area contributed by atoms with Gasteiger partial charge in [-0.25, -0.2) is 15.0 Å². The summed E-state index contributed by atoms with van der Waals surface area (Å²) in [5.74, 6) is 0. The zero-order chi connectivity index (χ0) is 20.2. The fourth-order valence-electron chi connectivity index (χ4n) is 2.74.